The molecule has 1 aliphatic carbocycles. The zero-order valence-electron chi connectivity index (χ0n) is 11.8. The van der Waals surface area contributed by atoms with Crippen molar-refractivity contribution >= 4 is 11.3 Å². The van der Waals surface area contributed by atoms with Gasteiger partial charge in [0.2, 0.25) is 0 Å². The number of rotatable bonds is 3. The molecule has 0 saturated carbocycles. The monoisotopic (exact) mass is 275 g/mol. The van der Waals surface area contributed by atoms with Gasteiger partial charge in [-0.3, -0.25) is 4.68 Å². The summed E-state index contributed by atoms with van der Waals surface area (Å²) in [6, 6.07) is 5.31. The molecule has 1 aliphatic rings. The topological polar surface area (TPSA) is 29.9 Å². The Morgan fingerprint density at radius 1 is 1.47 bits per heavy atom. The average molecular weight is 275 g/mol. The quantitative estimate of drug-likeness (QED) is 0.929. The van der Waals surface area contributed by atoms with Crippen molar-refractivity contribution in [3.05, 3.63) is 39.3 Å². The van der Waals surface area contributed by atoms with Crippen LogP contribution in [0.3, 0.4) is 0 Å². The van der Waals surface area contributed by atoms with Gasteiger partial charge >= 0.3 is 0 Å². The summed E-state index contributed by atoms with van der Waals surface area (Å²) in [5, 5.41) is 8.19. The zero-order valence-corrected chi connectivity index (χ0v) is 12.6. The molecule has 0 bridgehead atoms. The van der Waals surface area contributed by atoms with Gasteiger partial charge in [0.05, 0.1) is 6.20 Å². The third kappa shape index (κ3) is 2.47. The summed E-state index contributed by atoms with van der Waals surface area (Å²) in [7, 11) is 2.05. The van der Waals surface area contributed by atoms with Gasteiger partial charge in [0.25, 0.3) is 0 Å². The summed E-state index contributed by atoms with van der Waals surface area (Å²) in [6.07, 6.45) is 5.67. The van der Waals surface area contributed by atoms with Crippen LogP contribution in [0.5, 0.6) is 0 Å². The van der Waals surface area contributed by atoms with Crippen LogP contribution in [0, 0.1) is 6.92 Å². The van der Waals surface area contributed by atoms with E-state index in [0.29, 0.717) is 12.1 Å². The Bertz CT molecular complexity index is 570. The fourth-order valence-corrected chi connectivity index (χ4v) is 3.84. The largest absolute Gasteiger partial charge is 0.302 e. The molecule has 2 heterocycles. The van der Waals surface area contributed by atoms with Crippen LogP contribution in [0.2, 0.25) is 0 Å². The Kier molecular flexibility index (Phi) is 3.46. The van der Waals surface area contributed by atoms with Crippen LogP contribution in [-0.2, 0) is 13.5 Å². The molecule has 0 radical (unpaired) electrons. The lowest BCUT2D eigenvalue weighted by Crippen LogP contribution is -2.27. The fourth-order valence-electron chi connectivity index (χ4n) is 2.95. The maximum atomic E-state index is 4.41. The van der Waals surface area contributed by atoms with E-state index in [-0.39, 0.29) is 0 Å². The van der Waals surface area contributed by atoms with Gasteiger partial charge in [-0.1, -0.05) is 0 Å². The van der Waals surface area contributed by atoms with Crippen molar-refractivity contribution in [3.8, 4) is 0 Å². The van der Waals surface area contributed by atoms with Gasteiger partial charge in [0.15, 0.2) is 0 Å². The highest BCUT2D eigenvalue weighted by molar-refractivity contribution is 7.12. The molecule has 0 aliphatic heterocycles. The third-order valence-electron chi connectivity index (χ3n) is 4.01. The predicted molar refractivity (Wildman–Crippen MR) is 79.5 cm³/mol. The van der Waals surface area contributed by atoms with E-state index in [1.54, 1.807) is 0 Å². The molecular weight excluding hydrogens is 254 g/mol. The van der Waals surface area contributed by atoms with E-state index in [1.165, 1.54) is 33.9 Å². The molecule has 102 valence electrons. The summed E-state index contributed by atoms with van der Waals surface area (Å²) >= 11 is 1.89. The molecule has 0 spiro atoms. The summed E-state index contributed by atoms with van der Waals surface area (Å²) in [6.45, 7) is 4.43. The van der Waals surface area contributed by atoms with E-state index >= 15 is 0 Å². The highest BCUT2D eigenvalue weighted by Gasteiger charge is 2.24. The van der Waals surface area contributed by atoms with Gasteiger partial charge in [-0.15, -0.1) is 11.3 Å². The first kappa shape index (κ1) is 12.9. The minimum Gasteiger partial charge on any atom is -0.302 e. The highest BCUT2D eigenvalue weighted by Crippen LogP contribution is 2.32. The maximum absolute atomic E-state index is 4.41. The molecule has 2 unspecified atom stereocenters. The molecule has 0 fully saturated rings. The van der Waals surface area contributed by atoms with Crippen LogP contribution < -0.4 is 5.32 Å². The number of thiophene rings is 1. The molecule has 4 heteroatoms. The number of aromatic nitrogens is 2. The first-order chi connectivity index (χ1) is 9.15. The number of hydrogen-bond donors (Lipinski definition) is 1. The standard InChI is InChI=1S/C15H21N3S/c1-10-7-8-15(19-10)11(2)17-13-5-4-6-14-12(13)9-16-18(14)3/h7-9,11,13,17H,4-6H2,1-3H3. The molecule has 0 saturated heterocycles. The molecule has 2 aromatic heterocycles. The molecular formula is C15H21N3S. The molecule has 3 nitrogen and oxygen atoms in total. The lowest BCUT2D eigenvalue weighted by Gasteiger charge is -2.26. The van der Waals surface area contributed by atoms with Gasteiger partial charge in [-0.05, 0) is 45.2 Å². The van der Waals surface area contributed by atoms with Gasteiger partial charge in [-0.2, -0.15) is 5.10 Å². The average Bonchev–Trinajstić information content (AvgIpc) is 2.98. The van der Waals surface area contributed by atoms with Crippen LogP contribution in [0.1, 0.15) is 52.9 Å². The molecule has 0 aromatic carbocycles. The number of hydrogen-bond acceptors (Lipinski definition) is 3. The van der Waals surface area contributed by atoms with Crippen molar-refractivity contribution < 1.29 is 0 Å². The van der Waals surface area contributed by atoms with Crippen LogP contribution in [0.4, 0.5) is 0 Å². The van der Waals surface area contributed by atoms with Crippen molar-refractivity contribution in [2.24, 2.45) is 7.05 Å². The number of aryl methyl sites for hydroxylation is 2. The SMILES string of the molecule is Cc1ccc(C(C)NC2CCCc3c2cnn3C)s1. The van der Waals surface area contributed by atoms with Crippen LogP contribution in [0.25, 0.3) is 0 Å². The second kappa shape index (κ2) is 5.10. The second-order valence-electron chi connectivity index (χ2n) is 5.45. The van der Waals surface area contributed by atoms with Gasteiger partial charge in [0, 0.05) is 40.1 Å². The summed E-state index contributed by atoms with van der Waals surface area (Å²) in [4.78, 5) is 2.81. The van der Waals surface area contributed by atoms with Gasteiger partial charge in [-0.25, -0.2) is 0 Å². The van der Waals surface area contributed by atoms with Crippen LogP contribution >= 0.6 is 11.3 Å². The van der Waals surface area contributed by atoms with Crippen molar-refractivity contribution in [1.82, 2.24) is 15.1 Å². The molecule has 3 rings (SSSR count). The fraction of sp³-hybridized carbons (Fsp3) is 0.533. The van der Waals surface area contributed by atoms with E-state index in [0.717, 1.165) is 6.42 Å². The Hall–Kier alpha value is -1.13. The minimum atomic E-state index is 0.412. The van der Waals surface area contributed by atoms with Crippen LogP contribution in [-0.4, -0.2) is 9.78 Å². The number of nitrogens with one attached hydrogen (secondary N) is 1. The van der Waals surface area contributed by atoms with E-state index in [9.17, 15) is 0 Å². The van der Waals surface area contributed by atoms with E-state index in [1.807, 2.05) is 29.3 Å². The van der Waals surface area contributed by atoms with E-state index in [4.69, 9.17) is 0 Å². The normalized spacial score (nSPS) is 20.3. The van der Waals surface area contributed by atoms with Crippen molar-refractivity contribution in [2.75, 3.05) is 0 Å². The van der Waals surface area contributed by atoms with E-state index in [2.05, 4.69) is 36.4 Å². The lowest BCUT2D eigenvalue weighted by atomic mass is 9.92. The Balaban J connectivity index is 1.77. The summed E-state index contributed by atoms with van der Waals surface area (Å²) in [5.41, 5.74) is 2.80. The Labute approximate surface area is 118 Å². The predicted octanol–water partition coefficient (Wildman–Crippen LogP) is 3.52. The second-order valence-corrected chi connectivity index (χ2v) is 6.77. The molecule has 0 amide bonds. The van der Waals surface area contributed by atoms with Gasteiger partial charge in [0.1, 0.15) is 0 Å². The van der Waals surface area contributed by atoms with Crippen molar-refractivity contribution in [2.45, 2.75) is 45.2 Å². The van der Waals surface area contributed by atoms with E-state index < -0.39 is 0 Å². The first-order valence-corrected chi connectivity index (χ1v) is 7.80. The Morgan fingerprint density at radius 3 is 3.05 bits per heavy atom. The summed E-state index contributed by atoms with van der Waals surface area (Å²) in [5.74, 6) is 0. The highest BCUT2D eigenvalue weighted by atomic mass is 32.1. The first-order valence-electron chi connectivity index (χ1n) is 6.98. The maximum Gasteiger partial charge on any atom is 0.0540 e. The number of nitrogens with zero attached hydrogens (tertiary/aromatic N) is 2. The Morgan fingerprint density at radius 2 is 2.32 bits per heavy atom. The summed E-state index contributed by atoms with van der Waals surface area (Å²) < 4.78 is 2.03. The lowest BCUT2D eigenvalue weighted by molar-refractivity contribution is 0.414. The minimum absolute atomic E-state index is 0.412. The number of fused-ring (bicyclic) bond motifs is 1. The van der Waals surface area contributed by atoms with Crippen molar-refractivity contribution in [1.29, 1.82) is 0 Å². The van der Waals surface area contributed by atoms with Crippen LogP contribution in [0.15, 0.2) is 18.3 Å². The third-order valence-corrected chi connectivity index (χ3v) is 5.20. The van der Waals surface area contributed by atoms with Gasteiger partial charge < -0.3 is 5.32 Å². The molecule has 19 heavy (non-hydrogen) atoms. The van der Waals surface area contributed by atoms with Crippen molar-refractivity contribution in [3.63, 3.8) is 0 Å². The molecule has 1 N–H and O–H groups in total. The smallest absolute Gasteiger partial charge is 0.0540 e. The molecule has 2 aromatic rings. The molecule has 2 atom stereocenters. The zero-order chi connectivity index (χ0) is 13.4.